The molecule has 2 fully saturated rings. The summed E-state index contributed by atoms with van der Waals surface area (Å²) in [5.41, 5.74) is 0.734. The summed E-state index contributed by atoms with van der Waals surface area (Å²) in [6, 6.07) is 7.86. The van der Waals surface area contributed by atoms with Crippen LogP contribution < -0.4 is 4.74 Å². The van der Waals surface area contributed by atoms with E-state index in [4.69, 9.17) is 14.6 Å². The van der Waals surface area contributed by atoms with Gasteiger partial charge in [0.15, 0.2) is 0 Å². The van der Waals surface area contributed by atoms with Gasteiger partial charge in [-0.2, -0.15) is 0 Å². The van der Waals surface area contributed by atoms with Crippen LogP contribution in [0.15, 0.2) is 24.3 Å². The highest BCUT2D eigenvalue weighted by atomic mass is 16.6. The van der Waals surface area contributed by atoms with E-state index in [1.54, 1.807) is 11.9 Å². The van der Waals surface area contributed by atoms with Crippen molar-refractivity contribution in [3.63, 3.8) is 0 Å². The Labute approximate surface area is 130 Å². The Morgan fingerprint density at radius 1 is 1.36 bits per heavy atom. The molecular weight excluding hydrogens is 284 g/mol. The molecule has 1 amide bonds. The zero-order valence-electron chi connectivity index (χ0n) is 12.8. The van der Waals surface area contributed by atoms with Crippen molar-refractivity contribution in [1.82, 2.24) is 9.80 Å². The average Bonchev–Trinajstić information content (AvgIpc) is 3.01. The van der Waals surface area contributed by atoms with E-state index in [1.165, 1.54) is 0 Å². The first kappa shape index (κ1) is 15.1. The Morgan fingerprint density at radius 3 is 2.91 bits per heavy atom. The van der Waals surface area contributed by atoms with Gasteiger partial charge in [-0.3, -0.25) is 4.90 Å². The number of benzene rings is 1. The molecule has 1 aromatic carbocycles. The third-order valence-corrected chi connectivity index (χ3v) is 4.25. The van der Waals surface area contributed by atoms with Crippen molar-refractivity contribution in [3.05, 3.63) is 29.8 Å². The van der Waals surface area contributed by atoms with Gasteiger partial charge in [0.1, 0.15) is 18.0 Å². The summed E-state index contributed by atoms with van der Waals surface area (Å²) >= 11 is 0. The number of amides is 1. The molecule has 1 spiro atoms. The number of hydrogen-bond donors (Lipinski definition) is 1. The molecule has 6 heteroatoms. The number of aliphatic hydroxyl groups is 1. The second-order valence-electron chi connectivity index (χ2n) is 6.05. The molecule has 1 unspecified atom stereocenters. The summed E-state index contributed by atoms with van der Waals surface area (Å²) < 4.78 is 11.1. The largest absolute Gasteiger partial charge is 0.491 e. The number of hydrogen-bond acceptors (Lipinski definition) is 5. The normalized spacial score (nSPS) is 25.0. The number of para-hydroxylation sites is 1. The van der Waals surface area contributed by atoms with Crippen molar-refractivity contribution in [2.45, 2.75) is 18.6 Å². The summed E-state index contributed by atoms with van der Waals surface area (Å²) in [5.74, 6) is 0.804. The molecule has 1 aromatic rings. The molecule has 0 radical (unpaired) electrons. The summed E-state index contributed by atoms with van der Waals surface area (Å²) in [5, 5.41) is 8.90. The van der Waals surface area contributed by atoms with Crippen molar-refractivity contribution >= 4 is 6.09 Å². The van der Waals surface area contributed by atoms with Crippen LogP contribution in [-0.2, 0) is 11.3 Å². The van der Waals surface area contributed by atoms with Crippen LogP contribution in [-0.4, -0.2) is 66.5 Å². The van der Waals surface area contributed by atoms with Crippen LogP contribution in [0.5, 0.6) is 5.75 Å². The minimum atomic E-state index is -0.354. The van der Waals surface area contributed by atoms with Crippen LogP contribution in [0.1, 0.15) is 12.0 Å². The van der Waals surface area contributed by atoms with Gasteiger partial charge in [-0.25, -0.2) is 4.79 Å². The molecule has 0 bridgehead atoms. The monoisotopic (exact) mass is 306 g/mol. The maximum Gasteiger partial charge on any atom is 0.410 e. The molecule has 120 valence electrons. The molecule has 2 saturated heterocycles. The molecule has 22 heavy (non-hydrogen) atoms. The zero-order valence-corrected chi connectivity index (χ0v) is 12.8. The predicted octanol–water partition coefficient (Wildman–Crippen LogP) is 1.08. The van der Waals surface area contributed by atoms with Gasteiger partial charge in [-0.05, 0) is 6.07 Å². The Morgan fingerprint density at radius 2 is 2.18 bits per heavy atom. The molecule has 2 aliphatic rings. The number of likely N-dealkylation sites (N-methyl/N-ethyl adjacent to an activating group) is 1. The fraction of sp³-hybridized carbons (Fsp3) is 0.562. The second kappa shape index (κ2) is 6.14. The van der Waals surface area contributed by atoms with E-state index in [9.17, 15) is 4.79 Å². The number of rotatable bonds is 5. The van der Waals surface area contributed by atoms with Crippen molar-refractivity contribution in [1.29, 1.82) is 0 Å². The van der Waals surface area contributed by atoms with Crippen LogP contribution in [0.4, 0.5) is 4.79 Å². The molecule has 6 nitrogen and oxygen atoms in total. The van der Waals surface area contributed by atoms with Gasteiger partial charge in [0.05, 0.1) is 13.2 Å². The predicted molar refractivity (Wildman–Crippen MR) is 80.8 cm³/mol. The van der Waals surface area contributed by atoms with Gasteiger partial charge in [0.25, 0.3) is 0 Å². The lowest BCUT2D eigenvalue weighted by Crippen LogP contribution is -2.37. The smallest absolute Gasteiger partial charge is 0.410 e. The number of carbonyl (C=O) groups excluding carboxylic acids is 1. The number of likely N-dealkylation sites (tertiary alicyclic amines) is 1. The fourth-order valence-electron chi connectivity index (χ4n) is 3.24. The first-order chi connectivity index (χ1) is 10.6. The molecule has 2 aliphatic heterocycles. The Bertz CT molecular complexity index is 551. The number of ether oxygens (including phenoxy) is 2. The summed E-state index contributed by atoms with van der Waals surface area (Å²) in [6.45, 7) is 3.36. The third kappa shape index (κ3) is 3.03. The molecule has 1 atom stereocenters. The van der Waals surface area contributed by atoms with E-state index in [1.807, 2.05) is 24.3 Å². The molecule has 0 saturated carbocycles. The minimum absolute atomic E-state index is 0.00342. The van der Waals surface area contributed by atoms with E-state index in [0.717, 1.165) is 37.4 Å². The SMILES string of the molecule is CN1CC2(CCN(Cc3ccccc3OCCO)C2)OC1=O. The minimum Gasteiger partial charge on any atom is -0.491 e. The number of aliphatic hydroxyl groups excluding tert-OH is 1. The Hall–Kier alpha value is -1.79. The lowest BCUT2D eigenvalue weighted by Gasteiger charge is -2.22. The van der Waals surface area contributed by atoms with Gasteiger partial charge in [-0.15, -0.1) is 0 Å². The van der Waals surface area contributed by atoms with Crippen molar-refractivity contribution < 1.29 is 19.4 Å². The molecule has 0 aliphatic carbocycles. The van der Waals surface area contributed by atoms with Crippen molar-refractivity contribution in [2.75, 3.05) is 39.9 Å². The van der Waals surface area contributed by atoms with Gasteiger partial charge in [0, 0.05) is 38.7 Å². The Kier molecular flexibility index (Phi) is 4.22. The van der Waals surface area contributed by atoms with E-state index in [0.29, 0.717) is 13.2 Å². The third-order valence-electron chi connectivity index (χ3n) is 4.25. The van der Waals surface area contributed by atoms with Crippen LogP contribution in [0.2, 0.25) is 0 Å². The van der Waals surface area contributed by atoms with Gasteiger partial charge in [0.2, 0.25) is 0 Å². The second-order valence-corrected chi connectivity index (χ2v) is 6.05. The van der Waals surface area contributed by atoms with E-state index in [2.05, 4.69) is 4.90 Å². The number of carbonyl (C=O) groups is 1. The molecule has 0 aromatic heterocycles. The Balaban J connectivity index is 1.64. The van der Waals surface area contributed by atoms with Crippen molar-refractivity contribution in [3.8, 4) is 5.75 Å². The standard InChI is InChI=1S/C16H22N2O4/c1-17-11-16(22-15(17)20)6-7-18(12-16)10-13-4-2-3-5-14(13)21-9-8-19/h2-5,19H,6-12H2,1H3. The summed E-state index contributed by atoms with van der Waals surface area (Å²) in [4.78, 5) is 15.5. The van der Waals surface area contributed by atoms with Gasteiger partial charge >= 0.3 is 6.09 Å². The highest BCUT2D eigenvalue weighted by molar-refractivity contribution is 5.70. The fourth-order valence-corrected chi connectivity index (χ4v) is 3.24. The topological polar surface area (TPSA) is 62.2 Å². The molecular formula is C16H22N2O4. The summed E-state index contributed by atoms with van der Waals surface area (Å²) in [7, 11) is 1.78. The maximum absolute atomic E-state index is 11.6. The quantitative estimate of drug-likeness (QED) is 0.882. The van der Waals surface area contributed by atoms with Crippen LogP contribution in [0.3, 0.4) is 0 Å². The van der Waals surface area contributed by atoms with Gasteiger partial charge < -0.3 is 19.5 Å². The zero-order chi connectivity index (χ0) is 15.6. The highest BCUT2D eigenvalue weighted by Crippen LogP contribution is 2.33. The van der Waals surface area contributed by atoms with Crippen LogP contribution in [0, 0.1) is 0 Å². The molecule has 1 N–H and O–H groups in total. The molecule has 2 heterocycles. The van der Waals surface area contributed by atoms with Crippen LogP contribution in [0.25, 0.3) is 0 Å². The number of nitrogens with zero attached hydrogens (tertiary/aromatic N) is 2. The lowest BCUT2D eigenvalue weighted by atomic mass is 10.0. The van der Waals surface area contributed by atoms with Crippen LogP contribution >= 0.6 is 0 Å². The van der Waals surface area contributed by atoms with E-state index in [-0.39, 0.29) is 18.3 Å². The first-order valence-electron chi connectivity index (χ1n) is 7.60. The average molecular weight is 306 g/mol. The highest BCUT2D eigenvalue weighted by Gasteiger charge is 2.48. The van der Waals surface area contributed by atoms with E-state index < -0.39 is 0 Å². The molecule has 3 rings (SSSR count). The first-order valence-corrected chi connectivity index (χ1v) is 7.60. The lowest BCUT2D eigenvalue weighted by molar-refractivity contribution is 0.0626. The van der Waals surface area contributed by atoms with Gasteiger partial charge in [-0.1, -0.05) is 18.2 Å². The van der Waals surface area contributed by atoms with E-state index >= 15 is 0 Å². The summed E-state index contributed by atoms with van der Waals surface area (Å²) in [6.07, 6.45) is 0.636. The maximum atomic E-state index is 11.6. The van der Waals surface area contributed by atoms with Crippen molar-refractivity contribution in [2.24, 2.45) is 0 Å².